The molecule has 3 N–H and O–H groups in total. The molecular weight excluding hydrogens is 266 g/mol. The first-order chi connectivity index (χ1) is 9.34. The number of hydrogen-bond donors (Lipinski definition) is 2. The van der Waals surface area contributed by atoms with Gasteiger partial charge in [0.05, 0.1) is 11.2 Å². The summed E-state index contributed by atoms with van der Waals surface area (Å²) in [4.78, 5) is 14.5. The second-order valence-corrected chi connectivity index (χ2v) is 8.42. The summed E-state index contributed by atoms with van der Waals surface area (Å²) >= 11 is 0. The lowest BCUT2D eigenvalue weighted by molar-refractivity contribution is -0.188. The summed E-state index contributed by atoms with van der Waals surface area (Å²) in [6.45, 7) is 16.4. The van der Waals surface area contributed by atoms with Gasteiger partial charge in [-0.1, -0.05) is 0 Å². The molecule has 1 saturated heterocycles. The SMILES string of the molecule is CC(C)(C)NC(=O)CC(CN)N1CC(C)(C)OC(C)(C)C1. The highest BCUT2D eigenvalue weighted by molar-refractivity contribution is 5.77. The van der Waals surface area contributed by atoms with E-state index >= 15 is 0 Å². The molecule has 0 aromatic rings. The number of carbonyl (C=O) groups excluding carboxylic acids is 1. The third kappa shape index (κ3) is 6.32. The number of amides is 1. The van der Waals surface area contributed by atoms with Crippen molar-refractivity contribution in [3.63, 3.8) is 0 Å². The molecule has 0 bridgehead atoms. The monoisotopic (exact) mass is 299 g/mol. The van der Waals surface area contributed by atoms with E-state index in [1.54, 1.807) is 0 Å². The number of nitrogens with two attached hydrogens (primary N) is 1. The number of ether oxygens (including phenoxy) is 1. The van der Waals surface area contributed by atoms with Crippen LogP contribution in [0.2, 0.25) is 0 Å². The van der Waals surface area contributed by atoms with E-state index in [0.29, 0.717) is 13.0 Å². The Labute approximate surface area is 129 Å². The third-order valence-electron chi connectivity index (χ3n) is 3.44. The average molecular weight is 299 g/mol. The zero-order valence-electron chi connectivity index (χ0n) is 14.7. The summed E-state index contributed by atoms with van der Waals surface area (Å²) < 4.78 is 6.09. The number of nitrogens with one attached hydrogen (secondary N) is 1. The summed E-state index contributed by atoms with van der Waals surface area (Å²) in [5, 5.41) is 3.01. The van der Waals surface area contributed by atoms with Gasteiger partial charge >= 0.3 is 0 Å². The Morgan fingerprint density at radius 2 is 1.71 bits per heavy atom. The summed E-state index contributed by atoms with van der Waals surface area (Å²) in [6.07, 6.45) is 0.430. The normalized spacial score (nSPS) is 23.6. The maximum Gasteiger partial charge on any atom is 0.222 e. The van der Waals surface area contributed by atoms with Gasteiger partial charge in [-0.05, 0) is 48.5 Å². The smallest absolute Gasteiger partial charge is 0.222 e. The molecular formula is C16H33N3O2. The summed E-state index contributed by atoms with van der Waals surface area (Å²) in [5.41, 5.74) is 5.27. The number of hydrogen-bond acceptors (Lipinski definition) is 4. The van der Waals surface area contributed by atoms with Crippen LogP contribution in [0.25, 0.3) is 0 Å². The van der Waals surface area contributed by atoms with Crippen molar-refractivity contribution >= 4 is 5.91 Å². The Kier molecular flexibility index (Phi) is 5.45. The van der Waals surface area contributed by atoms with Gasteiger partial charge in [0.25, 0.3) is 0 Å². The summed E-state index contributed by atoms with van der Waals surface area (Å²) in [7, 11) is 0. The predicted octanol–water partition coefficient (Wildman–Crippen LogP) is 1.51. The second kappa shape index (κ2) is 6.23. The van der Waals surface area contributed by atoms with Crippen molar-refractivity contribution < 1.29 is 9.53 Å². The van der Waals surface area contributed by atoms with Gasteiger partial charge < -0.3 is 15.8 Å². The molecule has 124 valence electrons. The molecule has 1 amide bonds. The minimum absolute atomic E-state index is 0.0507. The molecule has 1 aliphatic rings. The van der Waals surface area contributed by atoms with Crippen LogP contribution in [0, 0.1) is 0 Å². The minimum atomic E-state index is -0.227. The van der Waals surface area contributed by atoms with Crippen molar-refractivity contribution in [1.82, 2.24) is 10.2 Å². The molecule has 1 aliphatic heterocycles. The largest absolute Gasteiger partial charge is 0.367 e. The second-order valence-electron chi connectivity index (χ2n) is 8.42. The van der Waals surface area contributed by atoms with Crippen molar-refractivity contribution in [1.29, 1.82) is 0 Å². The van der Waals surface area contributed by atoms with Crippen LogP contribution in [-0.4, -0.2) is 53.2 Å². The Hall–Kier alpha value is -0.650. The first-order valence-electron chi connectivity index (χ1n) is 7.79. The highest BCUT2D eigenvalue weighted by Gasteiger charge is 2.40. The van der Waals surface area contributed by atoms with Crippen LogP contribution in [0.4, 0.5) is 0 Å². The van der Waals surface area contributed by atoms with Crippen molar-refractivity contribution in [2.75, 3.05) is 19.6 Å². The van der Waals surface area contributed by atoms with Gasteiger partial charge in [0.15, 0.2) is 0 Å². The number of morpholine rings is 1. The van der Waals surface area contributed by atoms with Crippen molar-refractivity contribution in [3.8, 4) is 0 Å². The van der Waals surface area contributed by atoms with E-state index in [-0.39, 0.29) is 28.7 Å². The fourth-order valence-electron chi connectivity index (χ4n) is 3.15. The third-order valence-corrected chi connectivity index (χ3v) is 3.44. The van der Waals surface area contributed by atoms with Gasteiger partial charge in [-0.25, -0.2) is 0 Å². The van der Waals surface area contributed by atoms with Gasteiger partial charge in [0, 0.05) is 37.6 Å². The van der Waals surface area contributed by atoms with E-state index < -0.39 is 0 Å². The van der Waals surface area contributed by atoms with E-state index in [1.165, 1.54) is 0 Å². The fourth-order valence-corrected chi connectivity index (χ4v) is 3.15. The predicted molar refractivity (Wildman–Crippen MR) is 86.2 cm³/mol. The van der Waals surface area contributed by atoms with Gasteiger partial charge in [-0.3, -0.25) is 9.69 Å². The lowest BCUT2D eigenvalue weighted by Gasteiger charge is -2.49. The Balaban J connectivity index is 2.73. The van der Waals surface area contributed by atoms with Crippen molar-refractivity contribution in [2.45, 2.75) is 77.7 Å². The molecule has 0 saturated carbocycles. The van der Waals surface area contributed by atoms with Crippen LogP contribution < -0.4 is 11.1 Å². The number of carbonyl (C=O) groups is 1. The zero-order valence-corrected chi connectivity index (χ0v) is 14.7. The Morgan fingerprint density at radius 3 is 2.10 bits per heavy atom. The lowest BCUT2D eigenvalue weighted by atomic mass is 9.96. The van der Waals surface area contributed by atoms with Crippen LogP contribution in [0.5, 0.6) is 0 Å². The molecule has 1 unspecified atom stereocenters. The first kappa shape index (κ1) is 18.4. The number of nitrogens with zero attached hydrogens (tertiary/aromatic N) is 1. The van der Waals surface area contributed by atoms with Crippen LogP contribution in [-0.2, 0) is 9.53 Å². The molecule has 1 atom stereocenters. The van der Waals surface area contributed by atoms with Crippen LogP contribution in [0.15, 0.2) is 0 Å². The summed E-state index contributed by atoms with van der Waals surface area (Å²) in [5.74, 6) is 0.0556. The molecule has 5 heteroatoms. The highest BCUT2D eigenvalue weighted by Crippen LogP contribution is 2.29. The van der Waals surface area contributed by atoms with Crippen molar-refractivity contribution in [2.24, 2.45) is 5.73 Å². The molecule has 0 spiro atoms. The maximum atomic E-state index is 12.2. The van der Waals surface area contributed by atoms with E-state index in [2.05, 4.69) is 37.9 Å². The standard InChI is InChI=1S/C16H33N3O2/c1-14(2,3)18-13(20)8-12(9-17)19-10-15(4,5)21-16(6,7)11-19/h12H,8-11,17H2,1-7H3,(H,18,20). The fraction of sp³-hybridized carbons (Fsp3) is 0.938. The van der Waals surface area contributed by atoms with Crippen LogP contribution >= 0.6 is 0 Å². The Morgan fingerprint density at radius 1 is 1.24 bits per heavy atom. The zero-order chi connectivity index (χ0) is 16.5. The van der Waals surface area contributed by atoms with Crippen molar-refractivity contribution in [3.05, 3.63) is 0 Å². The molecule has 1 rings (SSSR count). The van der Waals surface area contributed by atoms with Gasteiger partial charge in [-0.15, -0.1) is 0 Å². The van der Waals surface area contributed by atoms with E-state index in [1.807, 2.05) is 20.8 Å². The molecule has 0 aromatic carbocycles. The maximum absolute atomic E-state index is 12.2. The summed E-state index contributed by atoms with van der Waals surface area (Å²) in [6, 6.07) is 0.0507. The Bertz CT molecular complexity index is 356. The molecule has 5 nitrogen and oxygen atoms in total. The molecule has 0 aromatic heterocycles. The molecule has 0 aliphatic carbocycles. The first-order valence-corrected chi connectivity index (χ1v) is 7.79. The van der Waals surface area contributed by atoms with Gasteiger partial charge in [0.1, 0.15) is 0 Å². The molecule has 21 heavy (non-hydrogen) atoms. The average Bonchev–Trinajstić information content (AvgIpc) is 2.18. The van der Waals surface area contributed by atoms with Gasteiger partial charge in [0.2, 0.25) is 5.91 Å². The minimum Gasteiger partial charge on any atom is -0.367 e. The quantitative estimate of drug-likeness (QED) is 0.826. The van der Waals surface area contributed by atoms with E-state index in [4.69, 9.17) is 10.5 Å². The van der Waals surface area contributed by atoms with E-state index in [9.17, 15) is 4.79 Å². The number of rotatable bonds is 4. The van der Waals surface area contributed by atoms with Crippen LogP contribution in [0.3, 0.4) is 0 Å². The molecule has 1 fully saturated rings. The van der Waals surface area contributed by atoms with Crippen LogP contribution in [0.1, 0.15) is 54.9 Å². The van der Waals surface area contributed by atoms with Gasteiger partial charge in [-0.2, -0.15) is 0 Å². The highest BCUT2D eigenvalue weighted by atomic mass is 16.5. The lowest BCUT2D eigenvalue weighted by Crippen LogP contribution is -2.61. The topological polar surface area (TPSA) is 67.6 Å². The van der Waals surface area contributed by atoms with E-state index in [0.717, 1.165) is 13.1 Å². The molecule has 1 heterocycles. The molecule has 0 radical (unpaired) electrons.